The summed E-state index contributed by atoms with van der Waals surface area (Å²) in [5.41, 5.74) is 0.931. The molecule has 2 aromatic rings. The Bertz CT molecular complexity index is 740. The minimum absolute atomic E-state index is 0.223. The second-order valence-electron chi connectivity index (χ2n) is 5.18. The molecule has 1 aromatic carbocycles. The standard InChI is InChI=1S/C14H16ClN3O2S/c1-10-9-16-14(17-10)13-3-2-8-18(13)21(19,20)12-6-4-11(15)5-7-12/h4-7,9,13H,2-3,8H2,1H3,(H,16,17)/t13-/m1/s1. The Balaban J connectivity index is 1.96. The van der Waals surface area contributed by atoms with Gasteiger partial charge < -0.3 is 4.98 Å². The Hall–Kier alpha value is -1.37. The number of hydrogen-bond acceptors (Lipinski definition) is 3. The predicted molar refractivity (Wildman–Crippen MR) is 80.6 cm³/mol. The number of aromatic nitrogens is 2. The van der Waals surface area contributed by atoms with Gasteiger partial charge in [0.25, 0.3) is 0 Å². The molecule has 1 saturated heterocycles. The van der Waals surface area contributed by atoms with Crippen molar-refractivity contribution in [3.8, 4) is 0 Å². The van der Waals surface area contributed by atoms with Crippen LogP contribution >= 0.6 is 11.6 Å². The lowest BCUT2D eigenvalue weighted by molar-refractivity contribution is 0.385. The highest BCUT2D eigenvalue weighted by Crippen LogP contribution is 2.35. The predicted octanol–water partition coefficient (Wildman–Crippen LogP) is 2.90. The lowest BCUT2D eigenvalue weighted by Gasteiger charge is -2.22. The minimum Gasteiger partial charge on any atom is -0.345 e. The Kier molecular flexibility index (Phi) is 3.77. The molecule has 7 heteroatoms. The monoisotopic (exact) mass is 325 g/mol. The van der Waals surface area contributed by atoms with E-state index >= 15 is 0 Å². The van der Waals surface area contributed by atoms with Crippen LogP contribution in [0.3, 0.4) is 0 Å². The van der Waals surface area contributed by atoms with Crippen LogP contribution in [-0.2, 0) is 10.0 Å². The van der Waals surface area contributed by atoms with Crippen LogP contribution < -0.4 is 0 Å². The number of rotatable bonds is 3. The van der Waals surface area contributed by atoms with Crippen molar-refractivity contribution in [2.24, 2.45) is 0 Å². The molecular formula is C14H16ClN3O2S. The fraction of sp³-hybridized carbons (Fsp3) is 0.357. The lowest BCUT2D eigenvalue weighted by Crippen LogP contribution is -2.31. The van der Waals surface area contributed by atoms with Gasteiger partial charge in [0.1, 0.15) is 5.82 Å². The molecule has 2 heterocycles. The van der Waals surface area contributed by atoms with Crippen LogP contribution in [0.2, 0.25) is 5.02 Å². The first-order valence-corrected chi connectivity index (χ1v) is 8.59. The highest BCUT2D eigenvalue weighted by Gasteiger charge is 2.37. The van der Waals surface area contributed by atoms with E-state index in [1.165, 1.54) is 4.31 Å². The Morgan fingerprint density at radius 1 is 1.33 bits per heavy atom. The Labute approximate surface area is 129 Å². The van der Waals surface area contributed by atoms with Crippen molar-refractivity contribution in [3.63, 3.8) is 0 Å². The van der Waals surface area contributed by atoms with Gasteiger partial charge in [0, 0.05) is 23.5 Å². The molecule has 21 heavy (non-hydrogen) atoms. The first-order valence-electron chi connectivity index (χ1n) is 6.77. The maximum absolute atomic E-state index is 12.8. The van der Waals surface area contributed by atoms with Gasteiger partial charge in [-0.05, 0) is 44.0 Å². The van der Waals surface area contributed by atoms with E-state index in [1.807, 2.05) is 6.92 Å². The molecule has 0 aliphatic carbocycles. The number of aryl methyl sites for hydroxylation is 1. The number of imidazole rings is 1. The molecular weight excluding hydrogens is 310 g/mol. The van der Waals surface area contributed by atoms with E-state index < -0.39 is 10.0 Å². The van der Waals surface area contributed by atoms with Gasteiger partial charge in [0.05, 0.1) is 10.9 Å². The summed E-state index contributed by atoms with van der Waals surface area (Å²) in [6.45, 7) is 2.42. The van der Waals surface area contributed by atoms with Crippen LogP contribution in [0.15, 0.2) is 35.4 Å². The molecule has 3 rings (SSSR count). The SMILES string of the molecule is Cc1cnc([C@H]2CCCN2S(=O)(=O)c2ccc(Cl)cc2)[nH]1. The quantitative estimate of drug-likeness (QED) is 0.943. The van der Waals surface area contributed by atoms with Gasteiger partial charge in [0.2, 0.25) is 10.0 Å². The summed E-state index contributed by atoms with van der Waals surface area (Å²) < 4.78 is 27.1. The fourth-order valence-electron chi connectivity index (χ4n) is 2.65. The zero-order chi connectivity index (χ0) is 15.0. The largest absolute Gasteiger partial charge is 0.345 e. The molecule has 1 aromatic heterocycles. The third-order valence-electron chi connectivity index (χ3n) is 3.66. The van der Waals surface area contributed by atoms with Crippen LogP contribution in [0, 0.1) is 6.92 Å². The number of H-pyrrole nitrogens is 1. The molecule has 0 radical (unpaired) electrons. The number of halogens is 1. The minimum atomic E-state index is -3.53. The molecule has 0 bridgehead atoms. The zero-order valence-corrected chi connectivity index (χ0v) is 13.2. The first kappa shape index (κ1) is 14.6. The van der Waals surface area contributed by atoms with Crippen LogP contribution in [0.5, 0.6) is 0 Å². The average molecular weight is 326 g/mol. The van der Waals surface area contributed by atoms with Gasteiger partial charge >= 0.3 is 0 Å². The molecule has 1 N–H and O–H groups in total. The maximum Gasteiger partial charge on any atom is 0.243 e. The molecule has 1 aliphatic heterocycles. The number of nitrogens with one attached hydrogen (secondary N) is 1. The highest BCUT2D eigenvalue weighted by atomic mass is 35.5. The van der Waals surface area contributed by atoms with Gasteiger partial charge in [-0.25, -0.2) is 13.4 Å². The van der Waals surface area contributed by atoms with Crippen LogP contribution in [0.25, 0.3) is 0 Å². The van der Waals surface area contributed by atoms with E-state index in [1.54, 1.807) is 30.5 Å². The normalized spacial score (nSPS) is 20.0. The van der Waals surface area contributed by atoms with E-state index in [0.717, 1.165) is 18.5 Å². The summed E-state index contributed by atoms with van der Waals surface area (Å²) in [6.07, 6.45) is 3.33. The zero-order valence-electron chi connectivity index (χ0n) is 11.6. The Morgan fingerprint density at radius 2 is 2.05 bits per heavy atom. The Morgan fingerprint density at radius 3 is 2.67 bits per heavy atom. The summed E-state index contributed by atoms with van der Waals surface area (Å²) in [4.78, 5) is 7.69. The smallest absolute Gasteiger partial charge is 0.243 e. The fourth-order valence-corrected chi connectivity index (χ4v) is 4.43. The van der Waals surface area contributed by atoms with Crippen molar-refractivity contribution in [2.75, 3.05) is 6.54 Å². The van der Waals surface area contributed by atoms with Gasteiger partial charge in [-0.3, -0.25) is 0 Å². The van der Waals surface area contributed by atoms with Gasteiger partial charge in [0.15, 0.2) is 0 Å². The van der Waals surface area contributed by atoms with E-state index in [9.17, 15) is 8.42 Å². The summed E-state index contributed by atoms with van der Waals surface area (Å²) in [7, 11) is -3.53. The number of benzene rings is 1. The first-order chi connectivity index (χ1) is 9.98. The number of aromatic amines is 1. The number of nitrogens with zero attached hydrogens (tertiary/aromatic N) is 2. The topological polar surface area (TPSA) is 66.1 Å². The molecule has 112 valence electrons. The van der Waals surface area contributed by atoms with Crippen LogP contribution in [-0.4, -0.2) is 29.2 Å². The summed E-state index contributed by atoms with van der Waals surface area (Å²) >= 11 is 5.83. The van der Waals surface area contributed by atoms with Crippen LogP contribution in [0.1, 0.15) is 30.4 Å². The summed E-state index contributed by atoms with van der Waals surface area (Å²) in [5, 5.41) is 0.522. The second-order valence-corrected chi connectivity index (χ2v) is 7.51. The van der Waals surface area contributed by atoms with Crippen molar-refractivity contribution in [1.82, 2.24) is 14.3 Å². The third-order valence-corrected chi connectivity index (χ3v) is 5.84. The van der Waals surface area contributed by atoms with E-state index in [-0.39, 0.29) is 10.9 Å². The van der Waals surface area contributed by atoms with E-state index in [2.05, 4.69) is 9.97 Å². The van der Waals surface area contributed by atoms with Crippen molar-refractivity contribution in [3.05, 3.63) is 47.0 Å². The van der Waals surface area contributed by atoms with Gasteiger partial charge in [-0.2, -0.15) is 4.31 Å². The maximum atomic E-state index is 12.8. The molecule has 0 unspecified atom stereocenters. The van der Waals surface area contributed by atoms with Gasteiger partial charge in [-0.1, -0.05) is 11.6 Å². The molecule has 1 fully saturated rings. The van der Waals surface area contributed by atoms with Crippen molar-refractivity contribution in [1.29, 1.82) is 0 Å². The average Bonchev–Trinajstić information content (AvgIpc) is 3.07. The molecule has 1 atom stereocenters. The van der Waals surface area contributed by atoms with E-state index in [4.69, 9.17) is 11.6 Å². The second kappa shape index (κ2) is 5.44. The summed E-state index contributed by atoms with van der Waals surface area (Å²) in [6, 6.07) is 6.05. The van der Waals surface area contributed by atoms with Crippen molar-refractivity contribution in [2.45, 2.75) is 30.7 Å². The number of hydrogen-bond donors (Lipinski definition) is 1. The molecule has 5 nitrogen and oxygen atoms in total. The van der Waals surface area contributed by atoms with Crippen molar-refractivity contribution < 1.29 is 8.42 Å². The van der Waals surface area contributed by atoms with Crippen LogP contribution in [0.4, 0.5) is 0 Å². The highest BCUT2D eigenvalue weighted by molar-refractivity contribution is 7.89. The third kappa shape index (κ3) is 2.71. The lowest BCUT2D eigenvalue weighted by atomic mass is 10.2. The molecule has 0 spiro atoms. The van der Waals surface area contributed by atoms with E-state index in [0.29, 0.717) is 17.4 Å². The molecule has 0 amide bonds. The van der Waals surface area contributed by atoms with Crippen molar-refractivity contribution >= 4 is 21.6 Å². The number of sulfonamides is 1. The summed E-state index contributed by atoms with van der Waals surface area (Å²) in [5.74, 6) is 0.711. The molecule has 0 saturated carbocycles. The molecule has 1 aliphatic rings. The van der Waals surface area contributed by atoms with Gasteiger partial charge in [-0.15, -0.1) is 0 Å².